The van der Waals surface area contributed by atoms with Gasteiger partial charge in [-0.3, -0.25) is 4.55 Å². The number of nitrogens with zero attached hydrogens (tertiary/aromatic N) is 1. The highest BCUT2D eigenvalue weighted by molar-refractivity contribution is 7.86. The zero-order valence-corrected chi connectivity index (χ0v) is 7.51. The molecule has 0 amide bonds. The maximum atomic E-state index is 10.5. The first-order valence-corrected chi connectivity index (χ1v) is 4.56. The van der Waals surface area contributed by atoms with Crippen molar-refractivity contribution in [1.82, 2.24) is 0 Å². The van der Waals surface area contributed by atoms with Crippen LogP contribution in [0.2, 0.25) is 0 Å². The number of hydrogen-bond acceptors (Lipinski definition) is 3. The molecule has 0 spiro atoms. The van der Waals surface area contributed by atoms with Crippen LogP contribution >= 0.6 is 0 Å². The molecular weight excluding hydrogens is 166 g/mol. The summed E-state index contributed by atoms with van der Waals surface area (Å²) in [5.74, 6) is 0. The van der Waals surface area contributed by atoms with Gasteiger partial charge in [0.25, 0.3) is 10.1 Å². The van der Waals surface area contributed by atoms with Gasteiger partial charge in [0.05, 0.1) is 6.07 Å². The lowest BCUT2D eigenvalue weighted by molar-refractivity contribution is 0.386. The van der Waals surface area contributed by atoms with E-state index in [-0.39, 0.29) is 0 Å². The van der Waals surface area contributed by atoms with Gasteiger partial charge in [-0.2, -0.15) is 13.7 Å². The van der Waals surface area contributed by atoms with Gasteiger partial charge in [-0.15, -0.1) is 0 Å². The minimum Gasteiger partial charge on any atom is -0.285 e. The van der Waals surface area contributed by atoms with Crippen LogP contribution in [0.3, 0.4) is 0 Å². The van der Waals surface area contributed by atoms with Crippen LogP contribution in [0.5, 0.6) is 0 Å². The average molecular weight is 177 g/mol. The van der Waals surface area contributed by atoms with Gasteiger partial charge in [0.15, 0.2) is 5.25 Å². The standard InChI is InChI=1S/C6H11NO3S/c1-6(2,3)5(4-7)11(8,9)10/h5H,1-3H3,(H,8,9,10). The lowest BCUT2D eigenvalue weighted by Gasteiger charge is -2.21. The van der Waals surface area contributed by atoms with E-state index in [1.807, 2.05) is 0 Å². The molecule has 0 heterocycles. The Balaban J connectivity index is 4.92. The lowest BCUT2D eigenvalue weighted by Crippen LogP contribution is -2.32. The van der Waals surface area contributed by atoms with Crippen molar-refractivity contribution in [3.63, 3.8) is 0 Å². The molecule has 11 heavy (non-hydrogen) atoms. The fourth-order valence-electron chi connectivity index (χ4n) is 0.707. The van der Waals surface area contributed by atoms with Crippen molar-refractivity contribution in [3.8, 4) is 6.07 Å². The molecule has 0 saturated heterocycles. The van der Waals surface area contributed by atoms with E-state index in [0.717, 1.165) is 0 Å². The Labute approximate surface area is 66.6 Å². The normalized spacial score (nSPS) is 15.5. The molecule has 0 aliphatic carbocycles. The van der Waals surface area contributed by atoms with Gasteiger partial charge in [-0.1, -0.05) is 20.8 Å². The highest BCUT2D eigenvalue weighted by atomic mass is 32.2. The molecule has 0 bridgehead atoms. The molecule has 0 saturated carbocycles. The zero-order valence-electron chi connectivity index (χ0n) is 6.70. The predicted octanol–water partition coefficient (Wildman–Crippen LogP) is 0.812. The van der Waals surface area contributed by atoms with Crippen molar-refractivity contribution in [2.75, 3.05) is 0 Å². The molecule has 0 aliphatic heterocycles. The Morgan fingerprint density at radius 1 is 1.45 bits per heavy atom. The second kappa shape index (κ2) is 2.80. The first-order valence-electron chi connectivity index (χ1n) is 3.05. The lowest BCUT2D eigenvalue weighted by atomic mass is 9.93. The Morgan fingerprint density at radius 3 is 1.82 bits per heavy atom. The topological polar surface area (TPSA) is 78.2 Å². The van der Waals surface area contributed by atoms with Crippen LogP contribution in [0.4, 0.5) is 0 Å². The van der Waals surface area contributed by atoms with Crippen molar-refractivity contribution in [2.24, 2.45) is 5.41 Å². The molecule has 0 fully saturated rings. The summed E-state index contributed by atoms with van der Waals surface area (Å²) in [5, 5.41) is 7.06. The van der Waals surface area contributed by atoms with Gasteiger partial charge in [-0.05, 0) is 5.41 Å². The third-order valence-electron chi connectivity index (χ3n) is 1.20. The number of rotatable bonds is 1. The first kappa shape index (κ1) is 10.4. The Hall–Kier alpha value is -0.600. The van der Waals surface area contributed by atoms with Crippen molar-refractivity contribution in [2.45, 2.75) is 26.0 Å². The van der Waals surface area contributed by atoms with Crippen molar-refractivity contribution in [1.29, 1.82) is 5.26 Å². The Morgan fingerprint density at radius 2 is 1.82 bits per heavy atom. The van der Waals surface area contributed by atoms with Gasteiger partial charge in [0.2, 0.25) is 0 Å². The molecule has 0 aromatic carbocycles. The van der Waals surface area contributed by atoms with E-state index >= 15 is 0 Å². The fourth-order valence-corrected chi connectivity index (χ4v) is 1.73. The van der Waals surface area contributed by atoms with E-state index in [1.165, 1.54) is 0 Å². The SMILES string of the molecule is CC(C)(C)C(C#N)S(=O)(=O)O. The summed E-state index contributed by atoms with van der Waals surface area (Å²) in [6, 6.07) is 1.54. The van der Waals surface area contributed by atoms with Gasteiger partial charge < -0.3 is 0 Å². The van der Waals surface area contributed by atoms with E-state index < -0.39 is 20.8 Å². The largest absolute Gasteiger partial charge is 0.285 e. The molecule has 0 aromatic rings. The van der Waals surface area contributed by atoms with Crippen LogP contribution in [0.15, 0.2) is 0 Å². The fraction of sp³-hybridized carbons (Fsp3) is 0.833. The monoisotopic (exact) mass is 177 g/mol. The molecule has 4 nitrogen and oxygen atoms in total. The van der Waals surface area contributed by atoms with E-state index in [2.05, 4.69) is 0 Å². The molecule has 0 rings (SSSR count). The first-order chi connectivity index (χ1) is 4.69. The molecule has 1 atom stereocenters. The summed E-state index contributed by atoms with van der Waals surface area (Å²) in [5.41, 5.74) is -0.748. The van der Waals surface area contributed by atoms with Crippen LogP contribution < -0.4 is 0 Å². The number of nitriles is 1. The van der Waals surface area contributed by atoms with Gasteiger partial charge in [-0.25, -0.2) is 0 Å². The van der Waals surface area contributed by atoms with Crippen molar-refractivity contribution < 1.29 is 13.0 Å². The van der Waals surface area contributed by atoms with Crippen molar-refractivity contribution in [3.05, 3.63) is 0 Å². The minimum atomic E-state index is -4.23. The third-order valence-corrected chi connectivity index (χ3v) is 2.61. The summed E-state index contributed by atoms with van der Waals surface area (Å²) < 4.78 is 29.6. The molecule has 0 aliphatic rings. The molecular formula is C6H11NO3S. The summed E-state index contributed by atoms with van der Waals surface area (Å²) in [4.78, 5) is 0. The van der Waals surface area contributed by atoms with Gasteiger partial charge in [0, 0.05) is 0 Å². The van der Waals surface area contributed by atoms with E-state index in [1.54, 1.807) is 26.8 Å². The van der Waals surface area contributed by atoms with E-state index in [0.29, 0.717) is 0 Å². The zero-order chi connectivity index (χ0) is 9.28. The highest BCUT2D eigenvalue weighted by Crippen LogP contribution is 2.23. The smallest absolute Gasteiger partial charge is 0.281 e. The summed E-state index contributed by atoms with van der Waals surface area (Å²) in [7, 11) is -4.23. The molecule has 64 valence electrons. The summed E-state index contributed by atoms with van der Waals surface area (Å²) >= 11 is 0. The summed E-state index contributed by atoms with van der Waals surface area (Å²) in [6.07, 6.45) is 0. The molecule has 0 aromatic heterocycles. The van der Waals surface area contributed by atoms with Crippen molar-refractivity contribution >= 4 is 10.1 Å². The Kier molecular flexibility index (Phi) is 2.64. The van der Waals surface area contributed by atoms with E-state index in [9.17, 15) is 8.42 Å². The van der Waals surface area contributed by atoms with Crippen LogP contribution in [-0.4, -0.2) is 18.2 Å². The predicted molar refractivity (Wildman–Crippen MR) is 40.4 cm³/mol. The second-order valence-electron chi connectivity index (χ2n) is 3.39. The number of hydrogen-bond donors (Lipinski definition) is 1. The maximum absolute atomic E-state index is 10.5. The molecule has 1 N–H and O–H groups in total. The molecule has 1 unspecified atom stereocenters. The quantitative estimate of drug-likeness (QED) is 0.601. The van der Waals surface area contributed by atoms with Gasteiger partial charge in [0.1, 0.15) is 0 Å². The van der Waals surface area contributed by atoms with Gasteiger partial charge >= 0.3 is 0 Å². The molecule has 0 radical (unpaired) electrons. The van der Waals surface area contributed by atoms with Crippen LogP contribution in [0, 0.1) is 16.7 Å². The summed E-state index contributed by atoms with van der Waals surface area (Å²) in [6.45, 7) is 4.73. The molecule has 5 heteroatoms. The van der Waals surface area contributed by atoms with E-state index in [4.69, 9.17) is 9.81 Å². The highest BCUT2D eigenvalue weighted by Gasteiger charge is 2.35. The second-order valence-corrected chi connectivity index (χ2v) is 4.89. The Bertz CT molecular complexity index is 267. The maximum Gasteiger partial charge on any atom is 0.281 e. The van der Waals surface area contributed by atoms with Crippen LogP contribution in [-0.2, 0) is 10.1 Å². The third kappa shape index (κ3) is 2.87. The average Bonchev–Trinajstić information content (AvgIpc) is 1.56. The van der Waals surface area contributed by atoms with Crippen LogP contribution in [0.1, 0.15) is 20.8 Å². The van der Waals surface area contributed by atoms with Crippen LogP contribution in [0.25, 0.3) is 0 Å². The minimum absolute atomic E-state index is 0.748.